The van der Waals surface area contributed by atoms with Crippen molar-refractivity contribution in [1.29, 1.82) is 0 Å². The summed E-state index contributed by atoms with van der Waals surface area (Å²) < 4.78 is 5.32. The molecule has 0 saturated carbocycles. The number of H-pyrrole nitrogens is 1. The van der Waals surface area contributed by atoms with Crippen molar-refractivity contribution in [3.05, 3.63) is 21.9 Å². The van der Waals surface area contributed by atoms with Gasteiger partial charge >= 0.3 is 6.09 Å². The van der Waals surface area contributed by atoms with Gasteiger partial charge in [0.1, 0.15) is 16.4 Å². The molecule has 2 heterocycles. The molecular weight excluding hydrogens is 329 g/mol. The average Bonchev–Trinajstić information content (AvgIpc) is 2.76. The van der Waals surface area contributed by atoms with Gasteiger partial charge in [-0.3, -0.25) is 4.79 Å². The molecule has 1 fully saturated rings. The number of nitrogens with zero attached hydrogens (tertiary/aromatic N) is 2. The van der Waals surface area contributed by atoms with E-state index in [4.69, 9.17) is 27.9 Å². The third kappa shape index (κ3) is 4.08. The van der Waals surface area contributed by atoms with Gasteiger partial charge in [-0.25, -0.2) is 4.79 Å². The SMILES string of the molecule is CC(C)(C)OC(=O)N1CCN(C(=O)c2cc(Cl)c(Cl)[nH]2)CC1. The summed E-state index contributed by atoms with van der Waals surface area (Å²) in [6.07, 6.45) is -0.356. The van der Waals surface area contributed by atoms with Crippen molar-refractivity contribution in [3.8, 4) is 0 Å². The standard InChI is InChI=1S/C14H19Cl2N3O3/c1-14(2,3)22-13(21)19-6-4-18(5-7-19)12(20)10-8-9(15)11(16)17-10/h8,17H,4-7H2,1-3H3. The molecule has 22 heavy (non-hydrogen) atoms. The zero-order chi connectivity index (χ0) is 16.5. The van der Waals surface area contributed by atoms with Gasteiger partial charge in [0.25, 0.3) is 5.91 Å². The molecule has 1 aromatic heterocycles. The number of hydrogen-bond donors (Lipinski definition) is 1. The maximum atomic E-state index is 12.3. The predicted molar refractivity (Wildman–Crippen MR) is 84.5 cm³/mol. The Morgan fingerprint density at radius 3 is 2.14 bits per heavy atom. The number of piperazine rings is 1. The van der Waals surface area contributed by atoms with Crippen LogP contribution >= 0.6 is 23.2 Å². The molecule has 1 aliphatic heterocycles. The van der Waals surface area contributed by atoms with Crippen LogP contribution in [0.2, 0.25) is 10.2 Å². The summed E-state index contributed by atoms with van der Waals surface area (Å²) in [5.74, 6) is -0.183. The van der Waals surface area contributed by atoms with Crippen LogP contribution in [-0.4, -0.2) is 58.6 Å². The Balaban J connectivity index is 1.92. The number of aromatic amines is 1. The van der Waals surface area contributed by atoms with Crippen LogP contribution in [0.1, 0.15) is 31.3 Å². The molecular formula is C14H19Cl2N3O3. The smallest absolute Gasteiger partial charge is 0.410 e. The van der Waals surface area contributed by atoms with E-state index in [0.29, 0.717) is 36.9 Å². The Hall–Kier alpha value is -1.40. The molecule has 0 bridgehead atoms. The first-order valence-electron chi connectivity index (χ1n) is 6.98. The first-order chi connectivity index (χ1) is 10.2. The molecule has 1 aliphatic rings. The maximum absolute atomic E-state index is 12.3. The van der Waals surface area contributed by atoms with Crippen molar-refractivity contribution in [2.75, 3.05) is 26.2 Å². The van der Waals surface area contributed by atoms with Crippen molar-refractivity contribution in [2.45, 2.75) is 26.4 Å². The maximum Gasteiger partial charge on any atom is 0.410 e. The number of aromatic nitrogens is 1. The van der Waals surface area contributed by atoms with Gasteiger partial charge in [-0.05, 0) is 26.8 Å². The summed E-state index contributed by atoms with van der Waals surface area (Å²) in [7, 11) is 0. The lowest BCUT2D eigenvalue weighted by atomic mass is 10.2. The van der Waals surface area contributed by atoms with Crippen molar-refractivity contribution in [2.24, 2.45) is 0 Å². The minimum atomic E-state index is -0.526. The van der Waals surface area contributed by atoms with Crippen LogP contribution in [0, 0.1) is 0 Å². The minimum Gasteiger partial charge on any atom is -0.444 e. The third-order valence-corrected chi connectivity index (χ3v) is 3.87. The van der Waals surface area contributed by atoms with Gasteiger partial charge in [-0.15, -0.1) is 0 Å². The van der Waals surface area contributed by atoms with Gasteiger partial charge in [0.05, 0.1) is 5.02 Å². The highest BCUT2D eigenvalue weighted by atomic mass is 35.5. The van der Waals surface area contributed by atoms with E-state index in [1.165, 1.54) is 6.07 Å². The lowest BCUT2D eigenvalue weighted by Crippen LogP contribution is -2.51. The van der Waals surface area contributed by atoms with E-state index < -0.39 is 5.60 Å². The van der Waals surface area contributed by atoms with Gasteiger partial charge in [0, 0.05) is 26.2 Å². The Kier molecular flexibility index (Phi) is 4.92. The molecule has 1 aromatic rings. The summed E-state index contributed by atoms with van der Waals surface area (Å²) in [6.45, 7) is 7.21. The van der Waals surface area contributed by atoms with Gasteiger partial charge in [-0.2, -0.15) is 0 Å². The lowest BCUT2D eigenvalue weighted by Gasteiger charge is -2.35. The van der Waals surface area contributed by atoms with E-state index in [2.05, 4.69) is 4.98 Å². The molecule has 0 aliphatic carbocycles. The Bertz CT molecular complexity index is 553. The van der Waals surface area contributed by atoms with E-state index in [1.807, 2.05) is 20.8 Å². The fraction of sp³-hybridized carbons (Fsp3) is 0.571. The molecule has 2 rings (SSSR count). The second kappa shape index (κ2) is 6.38. The number of halogens is 2. The van der Waals surface area contributed by atoms with Crippen LogP contribution in [0.5, 0.6) is 0 Å². The Labute approximate surface area is 139 Å². The van der Waals surface area contributed by atoms with Crippen molar-refractivity contribution in [3.63, 3.8) is 0 Å². The summed E-state index contributed by atoms with van der Waals surface area (Å²) in [5, 5.41) is 0.565. The average molecular weight is 348 g/mol. The van der Waals surface area contributed by atoms with Crippen molar-refractivity contribution < 1.29 is 14.3 Å². The van der Waals surface area contributed by atoms with Crippen LogP contribution in [0.25, 0.3) is 0 Å². The zero-order valence-electron chi connectivity index (χ0n) is 12.8. The van der Waals surface area contributed by atoms with E-state index >= 15 is 0 Å². The van der Waals surface area contributed by atoms with Crippen LogP contribution in [-0.2, 0) is 4.74 Å². The highest BCUT2D eigenvalue weighted by molar-refractivity contribution is 6.41. The number of carbonyl (C=O) groups excluding carboxylic acids is 2. The van der Waals surface area contributed by atoms with E-state index in [-0.39, 0.29) is 17.2 Å². The molecule has 122 valence electrons. The Morgan fingerprint density at radius 1 is 1.14 bits per heavy atom. The van der Waals surface area contributed by atoms with Gasteiger partial charge in [0.2, 0.25) is 0 Å². The first kappa shape index (κ1) is 17.0. The third-order valence-electron chi connectivity index (χ3n) is 3.17. The van der Waals surface area contributed by atoms with Crippen LogP contribution < -0.4 is 0 Å². The molecule has 0 aromatic carbocycles. The number of hydrogen-bond acceptors (Lipinski definition) is 3. The van der Waals surface area contributed by atoms with Crippen molar-refractivity contribution >= 4 is 35.2 Å². The molecule has 0 spiro atoms. The summed E-state index contributed by atoms with van der Waals surface area (Å²) in [4.78, 5) is 30.3. The zero-order valence-corrected chi connectivity index (χ0v) is 14.3. The number of rotatable bonds is 1. The van der Waals surface area contributed by atoms with Crippen LogP contribution in [0.3, 0.4) is 0 Å². The second-order valence-electron chi connectivity index (χ2n) is 6.10. The molecule has 1 N–H and O–H groups in total. The molecule has 6 nitrogen and oxygen atoms in total. The fourth-order valence-electron chi connectivity index (χ4n) is 2.11. The summed E-state index contributed by atoms with van der Waals surface area (Å²) in [6, 6.07) is 1.51. The molecule has 2 amide bonds. The molecule has 0 radical (unpaired) electrons. The lowest BCUT2D eigenvalue weighted by molar-refractivity contribution is 0.0140. The fourth-order valence-corrected chi connectivity index (χ4v) is 2.42. The number of carbonyl (C=O) groups is 2. The topological polar surface area (TPSA) is 65.6 Å². The van der Waals surface area contributed by atoms with E-state index in [0.717, 1.165) is 0 Å². The second-order valence-corrected chi connectivity index (χ2v) is 6.89. The predicted octanol–water partition coefficient (Wildman–Crippen LogP) is 3.01. The van der Waals surface area contributed by atoms with Gasteiger partial charge < -0.3 is 19.5 Å². The van der Waals surface area contributed by atoms with Gasteiger partial charge in [-0.1, -0.05) is 23.2 Å². The molecule has 1 saturated heterocycles. The monoisotopic (exact) mass is 347 g/mol. The van der Waals surface area contributed by atoms with Crippen LogP contribution in [0.15, 0.2) is 6.07 Å². The Morgan fingerprint density at radius 2 is 1.68 bits per heavy atom. The van der Waals surface area contributed by atoms with Crippen LogP contribution in [0.4, 0.5) is 4.79 Å². The summed E-state index contributed by atoms with van der Waals surface area (Å²) in [5.41, 5.74) is -0.178. The molecule has 0 unspecified atom stereocenters. The number of nitrogens with one attached hydrogen (secondary N) is 1. The first-order valence-corrected chi connectivity index (χ1v) is 7.74. The minimum absolute atomic E-state index is 0.183. The van der Waals surface area contributed by atoms with E-state index in [9.17, 15) is 9.59 Å². The van der Waals surface area contributed by atoms with E-state index in [1.54, 1.807) is 9.80 Å². The highest BCUT2D eigenvalue weighted by Crippen LogP contribution is 2.23. The normalized spacial score (nSPS) is 15.9. The number of amides is 2. The largest absolute Gasteiger partial charge is 0.444 e. The quantitative estimate of drug-likeness (QED) is 0.848. The highest BCUT2D eigenvalue weighted by Gasteiger charge is 2.28. The molecule has 8 heteroatoms. The van der Waals surface area contributed by atoms with Gasteiger partial charge in [0.15, 0.2) is 0 Å². The van der Waals surface area contributed by atoms with Crippen molar-refractivity contribution in [1.82, 2.24) is 14.8 Å². The summed E-state index contributed by atoms with van der Waals surface area (Å²) >= 11 is 11.6. The molecule has 0 atom stereocenters. The number of ether oxygens (including phenoxy) is 1.